The molecule has 2 aromatic heterocycles. The highest BCUT2D eigenvalue weighted by Crippen LogP contribution is 2.34. The first-order chi connectivity index (χ1) is 9.45. The molecule has 8 heteroatoms. The highest BCUT2D eigenvalue weighted by atomic mass is 32.2. The van der Waals surface area contributed by atoms with Gasteiger partial charge in [0, 0.05) is 18.4 Å². The van der Waals surface area contributed by atoms with E-state index in [1.165, 1.54) is 0 Å². The van der Waals surface area contributed by atoms with Crippen LogP contribution in [0.5, 0.6) is 0 Å². The number of pyridine rings is 1. The summed E-state index contributed by atoms with van der Waals surface area (Å²) < 4.78 is 28.1. The molecule has 0 saturated heterocycles. The Morgan fingerprint density at radius 2 is 2.05 bits per heavy atom. The third-order valence-electron chi connectivity index (χ3n) is 2.92. The van der Waals surface area contributed by atoms with Crippen molar-refractivity contribution in [2.24, 2.45) is 0 Å². The molecule has 0 aliphatic carbocycles. The quantitative estimate of drug-likeness (QED) is 0.877. The first-order valence-corrected chi connectivity index (χ1v) is 8.52. The number of nitrogen functional groups attached to an aromatic ring is 1. The molecule has 2 aromatic rings. The van der Waals surface area contributed by atoms with Gasteiger partial charge < -0.3 is 11.1 Å². The number of anilines is 2. The second kappa shape index (κ2) is 5.76. The van der Waals surface area contributed by atoms with Crippen molar-refractivity contribution in [1.29, 1.82) is 0 Å². The van der Waals surface area contributed by atoms with E-state index in [0.717, 1.165) is 17.1 Å². The molecule has 20 heavy (non-hydrogen) atoms. The lowest BCUT2D eigenvalue weighted by atomic mass is 10.1. The SMILES string of the molecule is CCS(=O)(=O)c1c(N)nsc1NC(C)c1ccncc1. The first kappa shape index (κ1) is 14.7. The molecule has 108 valence electrons. The average Bonchev–Trinajstić information content (AvgIpc) is 2.81. The Morgan fingerprint density at radius 1 is 1.40 bits per heavy atom. The van der Waals surface area contributed by atoms with Gasteiger partial charge in [-0.05, 0) is 36.2 Å². The molecule has 0 spiro atoms. The van der Waals surface area contributed by atoms with Crippen LogP contribution in [0.3, 0.4) is 0 Å². The topological polar surface area (TPSA) is 98.0 Å². The normalized spacial score (nSPS) is 13.1. The van der Waals surface area contributed by atoms with Crippen molar-refractivity contribution in [3.63, 3.8) is 0 Å². The Morgan fingerprint density at radius 3 is 2.65 bits per heavy atom. The molecule has 0 amide bonds. The van der Waals surface area contributed by atoms with Crippen LogP contribution in [0.15, 0.2) is 29.4 Å². The van der Waals surface area contributed by atoms with Gasteiger partial charge in [0.05, 0.1) is 5.75 Å². The third kappa shape index (κ3) is 2.91. The molecule has 2 rings (SSSR count). The van der Waals surface area contributed by atoms with Gasteiger partial charge >= 0.3 is 0 Å². The highest BCUT2D eigenvalue weighted by Gasteiger charge is 2.24. The van der Waals surface area contributed by atoms with E-state index in [9.17, 15) is 8.42 Å². The number of sulfone groups is 1. The Balaban J connectivity index is 2.32. The van der Waals surface area contributed by atoms with Crippen LogP contribution in [0.4, 0.5) is 10.8 Å². The molecular formula is C12H16N4O2S2. The predicted octanol–water partition coefficient (Wildman–Crippen LogP) is 2.09. The van der Waals surface area contributed by atoms with Crippen LogP contribution in [0, 0.1) is 0 Å². The summed E-state index contributed by atoms with van der Waals surface area (Å²) in [6, 6.07) is 3.68. The van der Waals surface area contributed by atoms with E-state index in [4.69, 9.17) is 5.73 Å². The van der Waals surface area contributed by atoms with Gasteiger partial charge in [-0.2, -0.15) is 4.37 Å². The van der Waals surface area contributed by atoms with Gasteiger partial charge in [0.25, 0.3) is 0 Å². The lowest BCUT2D eigenvalue weighted by Crippen LogP contribution is -2.11. The standard InChI is InChI=1S/C12H16N4O2S2/c1-3-20(17,18)10-11(13)16-19-12(10)15-8(2)9-4-6-14-7-5-9/h4-8,15H,3H2,1-2H3,(H2,13,16). The Bertz CT molecular complexity index is 683. The van der Waals surface area contributed by atoms with Gasteiger partial charge in [0.15, 0.2) is 15.7 Å². The van der Waals surface area contributed by atoms with Crippen LogP contribution in [0.1, 0.15) is 25.5 Å². The molecule has 0 aromatic carbocycles. The van der Waals surface area contributed by atoms with E-state index < -0.39 is 9.84 Å². The molecule has 0 aliphatic heterocycles. The van der Waals surface area contributed by atoms with Gasteiger partial charge in [-0.3, -0.25) is 4.98 Å². The number of hydrogen-bond acceptors (Lipinski definition) is 7. The number of nitrogens with one attached hydrogen (secondary N) is 1. The highest BCUT2D eigenvalue weighted by molar-refractivity contribution is 7.91. The van der Waals surface area contributed by atoms with Crippen molar-refractivity contribution in [3.8, 4) is 0 Å². The molecule has 0 aliphatic rings. The Kier molecular flexibility index (Phi) is 4.24. The summed E-state index contributed by atoms with van der Waals surface area (Å²) in [5, 5.41) is 3.64. The maximum absolute atomic E-state index is 12.1. The minimum Gasteiger partial charge on any atom is -0.382 e. The van der Waals surface area contributed by atoms with Crippen molar-refractivity contribution in [3.05, 3.63) is 30.1 Å². The zero-order chi connectivity index (χ0) is 14.8. The molecular weight excluding hydrogens is 296 g/mol. The fraction of sp³-hybridized carbons (Fsp3) is 0.333. The zero-order valence-corrected chi connectivity index (χ0v) is 12.8. The Hall–Kier alpha value is -1.67. The van der Waals surface area contributed by atoms with Crippen LogP contribution in [-0.4, -0.2) is 23.5 Å². The molecule has 0 fully saturated rings. The zero-order valence-electron chi connectivity index (χ0n) is 11.2. The van der Waals surface area contributed by atoms with Gasteiger partial charge in [0.2, 0.25) is 0 Å². The van der Waals surface area contributed by atoms with Crippen LogP contribution in [-0.2, 0) is 9.84 Å². The number of hydrogen-bond donors (Lipinski definition) is 2. The van der Waals surface area contributed by atoms with E-state index in [-0.39, 0.29) is 22.5 Å². The van der Waals surface area contributed by atoms with E-state index >= 15 is 0 Å². The smallest absolute Gasteiger partial charge is 0.184 e. The van der Waals surface area contributed by atoms with E-state index in [1.54, 1.807) is 19.3 Å². The lowest BCUT2D eigenvalue weighted by molar-refractivity contribution is 0.598. The van der Waals surface area contributed by atoms with Crippen molar-refractivity contribution in [1.82, 2.24) is 9.36 Å². The van der Waals surface area contributed by atoms with E-state index in [1.807, 2.05) is 19.1 Å². The van der Waals surface area contributed by atoms with Gasteiger partial charge in [-0.25, -0.2) is 8.42 Å². The van der Waals surface area contributed by atoms with Crippen LogP contribution in [0.25, 0.3) is 0 Å². The first-order valence-electron chi connectivity index (χ1n) is 6.10. The summed E-state index contributed by atoms with van der Waals surface area (Å²) in [5.41, 5.74) is 6.69. The van der Waals surface area contributed by atoms with E-state index in [2.05, 4.69) is 14.7 Å². The van der Waals surface area contributed by atoms with Crippen LogP contribution in [0.2, 0.25) is 0 Å². The van der Waals surface area contributed by atoms with Gasteiger partial charge in [-0.1, -0.05) is 6.92 Å². The fourth-order valence-corrected chi connectivity index (χ4v) is 4.01. The fourth-order valence-electron chi connectivity index (χ4n) is 1.76. The van der Waals surface area contributed by atoms with Crippen molar-refractivity contribution < 1.29 is 8.42 Å². The number of nitrogens with zero attached hydrogens (tertiary/aromatic N) is 2. The van der Waals surface area contributed by atoms with Crippen LogP contribution >= 0.6 is 11.5 Å². The number of nitrogens with two attached hydrogens (primary N) is 1. The summed E-state index contributed by atoms with van der Waals surface area (Å²) in [6.45, 7) is 3.52. The van der Waals surface area contributed by atoms with Crippen LogP contribution < -0.4 is 11.1 Å². The molecule has 1 atom stereocenters. The predicted molar refractivity (Wildman–Crippen MR) is 80.5 cm³/mol. The van der Waals surface area contributed by atoms with Gasteiger partial charge in [-0.15, -0.1) is 0 Å². The minimum absolute atomic E-state index is 0.00602. The maximum atomic E-state index is 12.1. The molecule has 6 nitrogen and oxygen atoms in total. The third-order valence-corrected chi connectivity index (χ3v) is 5.64. The van der Waals surface area contributed by atoms with Gasteiger partial charge in [0.1, 0.15) is 9.90 Å². The summed E-state index contributed by atoms with van der Waals surface area (Å²) in [4.78, 5) is 4.06. The lowest BCUT2D eigenvalue weighted by Gasteiger charge is -2.15. The maximum Gasteiger partial charge on any atom is 0.184 e. The van der Waals surface area contributed by atoms with E-state index in [0.29, 0.717) is 5.00 Å². The largest absolute Gasteiger partial charge is 0.382 e. The molecule has 3 N–H and O–H groups in total. The Labute approximate surface area is 122 Å². The van der Waals surface area contributed by atoms with Crippen molar-refractivity contribution in [2.75, 3.05) is 16.8 Å². The summed E-state index contributed by atoms with van der Waals surface area (Å²) in [6.07, 6.45) is 3.39. The number of rotatable bonds is 5. The summed E-state index contributed by atoms with van der Waals surface area (Å²) in [5.74, 6) is 0.0507. The second-order valence-electron chi connectivity index (χ2n) is 4.28. The monoisotopic (exact) mass is 312 g/mol. The summed E-state index contributed by atoms with van der Waals surface area (Å²) in [7, 11) is -3.40. The number of aromatic nitrogens is 2. The van der Waals surface area contributed by atoms with Crippen molar-refractivity contribution in [2.45, 2.75) is 24.8 Å². The molecule has 0 bridgehead atoms. The summed E-state index contributed by atoms with van der Waals surface area (Å²) >= 11 is 1.06. The molecule has 1 unspecified atom stereocenters. The second-order valence-corrected chi connectivity index (χ2v) is 7.26. The van der Waals surface area contributed by atoms with Crippen molar-refractivity contribution >= 4 is 32.2 Å². The molecule has 0 saturated carbocycles. The minimum atomic E-state index is -3.40. The molecule has 2 heterocycles. The average molecular weight is 312 g/mol. The molecule has 0 radical (unpaired) electrons.